The molecule has 0 atom stereocenters. The van der Waals surface area contributed by atoms with Gasteiger partial charge in [-0.3, -0.25) is 0 Å². The number of aromatic hydroxyl groups is 1. The summed E-state index contributed by atoms with van der Waals surface area (Å²) >= 11 is 0. The molecule has 1 saturated heterocycles. The van der Waals surface area contributed by atoms with Crippen LogP contribution in [-0.2, 0) is 9.31 Å². The number of phenols is 1. The second-order valence-electron chi connectivity index (χ2n) is 8.37. The second kappa shape index (κ2) is 7.62. The molecule has 0 spiro atoms. The minimum absolute atomic E-state index is 0.00191. The van der Waals surface area contributed by atoms with Crippen molar-refractivity contribution in [2.75, 3.05) is 7.11 Å². The SMILES string of the molecule is COc1ccc(OC2=COc3cc(O)ccc3C2=C(F)B2OC(C)(C)C(C)(C)O2)cc1. The van der Waals surface area contributed by atoms with Gasteiger partial charge in [-0.05, 0) is 64.1 Å². The fourth-order valence-electron chi connectivity index (χ4n) is 3.28. The van der Waals surface area contributed by atoms with Gasteiger partial charge in [0.15, 0.2) is 5.76 Å². The molecule has 0 amide bonds. The predicted octanol–water partition coefficient (Wildman–Crippen LogP) is 5.03. The van der Waals surface area contributed by atoms with E-state index in [0.29, 0.717) is 22.8 Å². The Morgan fingerprint density at radius 2 is 1.58 bits per heavy atom. The summed E-state index contributed by atoms with van der Waals surface area (Å²) in [6.45, 7) is 7.41. The fourth-order valence-corrected chi connectivity index (χ4v) is 3.28. The largest absolute Gasteiger partial charge is 0.526 e. The molecule has 2 heterocycles. The van der Waals surface area contributed by atoms with Gasteiger partial charge < -0.3 is 28.6 Å². The highest BCUT2D eigenvalue weighted by atomic mass is 19.1. The van der Waals surface area contributed by atoms with Gasteiger partial charge in [0.2, 0.25) is 0 Å². The molecule has 0 aromatic heterocycles. The standard InChI is InChI=1S/C23H24BFO6/c1-22(2)23(3,4)31-24(30-22)21(25)20-17-11-6-14(26)12-18(17)28-13-19(20)29-16-9-7-15(27-5)8-10-16/h6-13,26H,1-5H3. The van der Waals surface area contributed by atoms with Crippen LogP contribution in [0.5, 0.6) is 23.0 Å². The lowest BCUT2D eigenvalue weighted by Crippen LogP contribution is -2.41. The van der Waals surface area contributed by atoms with Crippen molar-refractivity contribution >= 4 is 12.7 Å². The summed E-state index contributed by atoms with van der Waals surface area (Å²) in [6, 6.07) is 11.3. The third kappa shape index (κ3) is 3.89. The summed E-state index contributed by atoms with van der Waals surface area (Å²) in [4.78, 5) is 0. The number of hydrogen-bond donors (Lipinski definition) is 1. The average molecular weight is 426 g/mol. The first kappa shape index (κ1) is 21.3. The van der Waals surface area contributed by atoms with Crippen molar-refractivity contribution in [3.05, 3.63) is 65.8 Å². The smallest absolute Gasteiger partial charge is 0.508 e. The molecular formula is C23H24BFO6. The number of benzene rings is 2. The number of hydrogen-bond acceptors (Lipinski definition) is 6. The first-order valence-corrected chi connectivity index (χ1v) is 9.89. The highest BCUT2D eigenvalue weighted by Crippen LogP contribution is 2.45. The first-order valence-electron chi connectivity index (χ1n) is 9.89. The van der Waals surface area contributed by atoms with E-state index in [1.807, 2.05) is 27.7 Å². The fraction of sp³-hybridized carbons (Fsp3) is 0.304. The Morgan fingerprint density at radius 1 is 0.968 bits per heavy atom. The predicted molar refractivity (Wildman–Crippen MR) is 115 cm³/mol. The summed E-state index contributed by atoms with van der Waals surface area (Å²) in [5.74, 6) is 1.58. The lowest BCUT2D eigenvalue weighted by molar-refractivity contribution is 0.00578. The minimum Gasteiger partial charge on any atom is -0.508 e. The molecule has 0 radical (unpaired) electrons. The Morgan fingerprint density at radius 3 is 2.19 bits per heavy atom. The van der Waals surface area contributed by atoms with Gasteiger partial charge in [-0.1, -0.05) is 0 Å². The molecule has 31 heavy (non-hydrogen) atoms. The highest BCUT2D eigenvalue weighted by molar-refractivity contribution is 6.55. The van der Waals surface area contributed by atoms with Crippen molar-refractivity contribution in [3.63, 3.8) is 0 Å². The topological polar surface area (TPSA) is 66.4 Å². The third-order valence-electron chi connectivity index (χ3n) is 5.76. The van der Waals surface area contributed by atoms with Gasteiger partial charge in [-0.15, -0.1) is 0 Å². The number of methoxy groups -OCH3 is 1. The summed E-state index contributed by atoms with van der Waals surface area (Å²) in [5, 5.41) is 9.81. The Balaban J connectivity index is 1.76. The molecule has 2 aromatic carbocycles. The Hall–Kier alpha value is -2.97. The van der Waals surface area contributed by atoms with Crippen LogP contribution in [-0.4, -0.2) is 30.5 Å². The van der Waals surface area contributed by atoms with Gasteiger partial charge in [-0.2, -0.15) is 0 Å². The lowest BCUT2D eigenvalue weighted by atomic mass is 9.81. The highest BCUT2D eigenvalue weighted by Gasteiger charge is 2.54. The molecule has 4 rings (SSSR count). The Bertz CT molecular complexity index is 1040. The van der Waals surface area contributed by atoms with Crippen LogP contribution in [0.3, 0.4) is 0 Å². The average Bonchev–Trinajstić information content (AvgIpc) is 2.95. The molecule has 0 bridgehead atoms. The van der Waals surface area contributed by atoms with Crippen molar-refractivity contribution in [2.45, 2.75) is 38.9 Å². The van der Waals surface area contributed by atoms with E-state index >= 15 is 4.39 Å². The van der Waals surface area contributed by atoms with Crippen LogP contribution in [0, 0.1) is 0 Å². The maximum Gasteiger partial charge on any atom is 0.526 e. The van der Waals surface area contributed by atoms with Crippen LogP contribution in [0.4, 0.5) is 4.39 Å². The van der Waals surface area contributed by atoms with Crippen molar-refractivity contribution < 1.29 is 33.0 Å². The molecular weight excluding hydrogens is 402 g/mol. The van der Waals surface area contributed by atoms with E-state index in [0.717, 1.165) is 0 Å². The van der Waals surface area contributed by atoms with E-state index in [9.17, 15) is 5.11 Å². The van der Waals surface area contributed by atoms with E-state index in [-0.39, 0.29) is 17.1 Å². The third-order valence-corrected chi connectivity index (χ3v) is 5.76. The number of allylic oxidation sites excluding steroid dienone is 1. The zero-order valence-corrected chi connectivity index (χ0v) is 18.1. The zero-order valence-electron chi connectivity index (χ0n) is 18.1. The molecule has 0 aliphatic carbocycles. The van der Waals surface area contributed by atoms with Gasteiger partial charge in [0.1, 0.15) is 35.0 Å². The van der Waals surface area contributed by atoms with Crippen molar-refractivity contribution in [2.24, 2.45) is 0 Å². The molecule has 2 aliphatic heterocycles. The summed E-state index contributed by atoms with van der Waals surface area (Å²) < 4.78 is 44.4. The van der Waals surface area contributed by atoms with E-state index in [1.54, 1.807) is 37.4 Å². The van der Waals surface area contributed by atoms with Crippen LogP contribution in [0.1, 0.15) is 33.3 Å². The number of halogens is 1. The molecule has 6 nitrogen and oxygen atoms in total. The van der Waals surface area contributed by atoms with Crippen LogP contribution >= 0.6 is 0 Å². The van der Waals surface area contributed by atoms with Crippen LogP contribution < -0.4 is 14.2 Å². The van der Waals surface area contributed by atoms with Gasteiger partial charge >= 0.3 is 7.12 Å². The zero-order chi connectivity index (χ0) is 22.4. The van der Waals surface area contributed by atoms with Gasteiger partial charge in [-0.25, -0.2) is 4.39 Å². The van der Waals surface area contributed by atoms with Crippen molar-refractivity contribution in [1.29, 1.82) is 0 Å². The number of ether oxygens (including phenoxy) is 3. The summed E-state index contributed by atoms with van der Waals surface area (Å²) in [5.41, 5.74) is -1.52. The molecule has 0 saturated carbocycles. The molecule has 8 heteroatoms. The molecule has 2 aromatic rings. The normalized spacial score (nSPS) is 20.5. The molecule has 1 fully saturated rings. The molecule has 0 unspecified atom stereocenters. The Kier molecular flexibility index (Phi) is 5.23. The van der Waals surface area contributed by atoms with Gasteiger partial charge in [0, 0.05) is 11.6 Å². The monoisotopic (exact) mass is 426 g/mol. The van der Waals surface area contributed by atoms with E-state index < -0.39 is 24.0 Å². The van der Waals surface area contributed by atoms with Gasteiger partial charge in [0.25, 0.3) is 0 Å². The van der Waals surface area contributed by atoms with Crippen LogP contribution in [0.15, 0.2) is 60.2 Å². The number of rotatable bonds is 4. The van der Waals surface area contributed by atoms with Crippen molar-refractivity contribution in [1.82, 2.24) is 0 Å². The van der Waals surface area contributed by atoms with Crippen LogP contribution in [0.25, 0.3) is 5.57 Å². The van der Waals surface area contributed by atoms with E-state index in [1.165, 1.54) is 18.4 Å². The molecule has 2 aliphatic rings. The molecule has 162 valence electrons. The summed E-state index contributed by atoms with van der Waals surface area (Å²) in [6.07, 6.45) is 1.30. The molecule has 1 N–H and O–H groups in total. The van der Waals surface area contributed by atoms with Crippen molar-refractivity contribution in [3.8, 4) is 23.0 Å². The quantitative estimate of drug-likeness (QED) is 0.693. The first-order chi connectivity index (χ1) is 14.6. The minimum atomic E-state index is -1.22. The maximum atomic E-state index is 15.9. The van der Waals surface area contributed by atoms with Crippen LogP contribution in [0.2, 0.25) is 0 Å². The number of fused-ring (bicyclic) bond motifs is 1. The van der Waals surface area contributed by atoms with E-state index in [2.05, 4.69) is 0 Å². The second-order valence-corrected chi connectivity index (χ2v) is 8.37. The Labute approximate surface area is 181 Å². The van der Waals surface area contributed by atoms with E-state index in [4.69, 9.17) is 23.5 Å². The lowest BCUT2D eigenvalue weighted by Gasteiger charge is -2.32. The maximum absolute atomic E-state index is 15.9. The number of phenolic OH excluding ortho intramolecular Hbond substituents is 1. The summed E-state index contributed by atoms with van der Waals surface area (Å²) in [7, 11) is 0.350. The van der Waals surface area contributed by atoms with Gasteiger partial charge in [0.05, 0.1) is 23.9 Å².